The minimum atomic E-state index is 1.13. The summed E-state index contributed by atoms with van der Waals surface area (Å²) in [5.41, 5.74) is 9.47. The number of rotatable bonds is 4. The lowest BCUT2D eigenvalue weighted by Gasteiger charge is -2.26. The molecule has 0 fully saturated rings. The molecule has 0 unspecified atom stereocenters. The van der Waals surface area contributed by atoms with Crippen LogP contribution in [-0.4, -0.2) is 9.13 Å². The summed E-state index contributed by atoms with van der Waals surface area (Å²) in [6.45, 7) is 0. The van der Waals surface area contributed by atoms with E-state index in [0.717, 1.165) is 17.1 Å². The summed E-state index contributed by atoms with van der Waals surface area (Å²) in [5, 5.41) is 5.03. The normalized spacial score (nSPS) is 11.6. The van der Waals surface area contributed by atoms with Crippen molar-refractivity contribution in [1.82, 2.24) is 9.13 Å². The number of fused-ring (bicyclic) bond motifs is 6. The number of nitrogens with zero attached hydrogens (tertiary/aromatic N) is 3. The van der Waals surface area contributed by atoms with Crippen LogP contribution < -0.4 is 4.90 Å². The van der Waals surface area contributed by atoms with Gasteiger partial charge in [0.2, 0.25) is 0 Å². The van der Waals surface area contributed by atoms with Gasteiger partial charge in [-0.15, -0.1) is 0 Å². The minimum absolute atomic E-state index is 1.13. The molecule has 40 heavy (non-hydrogen) atoms. The first-order valence-corrected chi connectivity index (χ1v) is 13.7. The molecule has 0 aliphatic heterocycles. The number of hydrogen-bond acceptors (Lipinski definition) is 1. The van der Waals surface area contributed by atoms with E-state index in [2.05, 4.69) is 167 Å². The highest BCUT2D eigenvalue weighted by atomic mass is 15.1. The standard InChI is InChI=1S/C37H27N3/c1-38-34-18-10-8-16-30(34)32-24-28(20-22-35(32)38)39(26-12-4-2-5-13-26)29-21-23-37-33(25-29)31-17-9-11-19-36(31)40(37)27-14-6-3-7-15-27/h2-25H,1H3. The molecule has 0 N–H and O–H groups in total. The first-order chi connectivity index (χ1) is 19.8. The fourth-order valence-corrected chi connectivity index (χ4v) is 6.27. The van der Waals surface area contributed by atoms with Crippen LogP contribution in [-0.2, 0) is 7.05 Å². The summed E-state index contributed by atoms with van der Waals surface area (Å²) in [7, 11) is 2.15. The summed E-state index contributed by atoms with van der Waals surface area (Å²) in [6.07, 6.45) is 0. The van der Waals surface area contributed by atoms with Crippen LogP contribution in [0.1, 0.15) is 0 Å². The van der Waals surface area contributed by atoms with E-state index in [1.165, 1.54) is 49.3 Å². The molecule has 8 aromatic rings. The average Bonchev–Trinajstić information content (AvgIpc) is 3.50. The molecule has 190 valence electrons. The van der Waals surface area contributed by atoms with E-state index >= 15 is 0 Å². The molecule has 3 heteroatoms. The second kappa shape index (κ2) is 8.89. The molecule has 0 amide bonds. The van der Waals surface area contributed by atoms with Crippen molar-refractivity contribution in [2.75, 3.05) is 4.90 Å². The number of aryl methyl sites for hydroxylation is 1. The number of anilines is 3. The Kier molecular flexibility index (Phi) is 5.04. The SMILES string of the molecule is Cn1c2ccccc2c2cc(N(c3ccccc3)c3ccc4c(c3)c3ccccc3n4-c3ccccc3)ccc21. The molecular formula is C37H27N3. The van der Waals surface area contributed by atoms with Crippen LogP contribution in [0.3, 0.4) is 0 Å². The third-order valence-electron chi connectivity index (χ3n) is 8.10. The molecule has 0 aliphatic carbocycles. The Balaban J connectivity index is 1.38. The third kappa shape index (κ3) is 3.38. The lowest BCUT2D eigenvalue weighted by atomic mass is 10.1. The van der Waals surface area contributed by atoms with E-state index in [0.29, 0.717) is 0 Å². The Labute approximate surface area is 232 Å². The van der Waals surface area contributed by atoms with Crippen molar-refractivity contribution in [2.45, 2.75) is 0 Å². The molecule has 2 heterocycles. The fraction of sp³-hybridized carbons (Fsp3) is 0.0270. The molecule has 0 radical (unpaired) electrons. The van der Waals surface area contributed by atoms with Crippen LogP contribution in [0.5, 0.6) is 0 Å². The van der Waals surface area contributed by atoms with Crippen molar-refractivity contribution >= 4 is 60.7 Å². The fourth-order valence-electron chi connectivity index (χ4n) is 6.27. The second-order valence-corrected chi connectivity index (χ2v) is 10.3. The maximum atomic E-state index is 2.37. The van der Waals surface area contributed by atoms with E-state index in [1.54, 1.807) is 0 Å². The van der Waals surface area contributed by atoms with Crippen LogP contribution >= 0.6 is 0 Å². The van der Waals surface area contributed by atoms with Crippen LogP contribution in [0.2, 0.25) is 0 Å². The molecule has 0 bridgehead atoms. The lowest BCUT2D eigenvalue weighted by Crippen LogP contribution is -2.09. The minimum Gasteiger partial charge on any atom is -0.344 e. The van der Waals surface area contributed by atoms with Crippen LogP contribution in [0, 0.1) is 0 Å². The number of hydrogen-bond donors (Lipinski definition) is 0. The monoisotopic (exact) mass is 513 g/mol. The van der Waals surface area contributed by atoms with E-state index in [9.17, 15) is 0 Å². The first-order valence-electron chi connectivity index (χ1n) is 13.7. The van der Waals surface area contributed by atoms with Gasteiger partial charge in [-0.25, -0.2) is 0 Å². The van der Waals surface area contributed by atoms with Gasteiger partial charge >= 0.3 is 0 Å². The molecule has 8 rings (SSSR count). The highest BCUT2D eigenvalue weighted by Gasteiger charge is 2.18. The predicted octanol–water partition coefficient (Wildman–Crippen LogP) is 9.90. The van der Waals surface area contributed by atoms with Crippen molar-refractivity contribution in [2.24, 2.45) is 7.05 Å². The van der Waals surface area contributed by atoms with E-state index in [-0.39, 0.29) is 0 Å². The summed E-state index contributed by atoms with van der Waals surface area (Å²) in [4.78, 5) is 2.37. The van der Waals surface area contributed by atoms with E-state index in [1.807, 2.05) is 0 Å². The van der Waals surface area contributed by atoms with Crippen LogP contribution in [0.15, 0.2) is 146 Å². The lowest BCUT2D eigenvalue weighted by molar-refractivity contribution is 1.01. The topological polar surface area (TPSA) is 13.1 Å². The summed E-state index contributed by atoms with van der Waals surface area (Å²) in [5.74, 6) is 0. The molecule has 0 saturated heterocycles. The van der Waals surface area contributed by atoms with Gasteiger partial charge in [0.15, 0.2) is 0 Å². The largest absolute Gasteiger partial charge is 0.344 e. The van der Waals surface area contributed by atoms with Gasteiger partial charge in [-0.2, -0.15) is 0 Å². The molecule has 0 aliphatic rings. The van der Waals surface area contributed by atoms with Gasteiger partial charge in [0.1, 0.15) is 0 Å². The highest BCUT2D eigenvalue weighted by Crippen LogP contribution is 2.41. The maximum Gasteiger partial charge on any atom is 0.0542 e. The van der Waals surface area contributed by atoms with Crippen molar-refractivity contribution in [3.63, 3.8) is 0 Å². The van der Waals surface area contributed by atoms with Crippen molar-refractivity contribution in [3.05, 3.63) is 146 Å². The molecule has 0 atom stereocenters. The molecule has 6 aromatic carbocycles. The number of para-hydroxylation sites is 4. The van der Waals surface area contributed by atoms with Crippen LogP contribution in [0.4, 0.5) is 17.1 Å². The third-order valence-corrected chi connectivity index (χ3v) is 8.10. The highest BCUT2D eigenvalue weighted by molar-refractivity contribution is 6.12. The zero-order chi connectivity index (χ0) is 26.6. The van der Waals surface area contributed by atoms with Gasteiger partial charge < -0.3 is 14.0 Å². The molecule has 0 saturated carbocycles. The van der Waals surface area contributed by atoms with Gasteiger partial charge in [-0.3, -0.25) is 0 Å². The van der Waals surface area contributed by atoms with Gasteiger partial charge in [0, 0.05) is 62.4 Å². The first kappa shape index (κ1) is 22.7. The van der Waals surface area contributed by atoms with Gasteiger partial charge in [-0.05, 0) is 72.8 Å². The molecular weight excluding hydrogens is 486 g/mol. The van der Waals surface area contributed by atoms with Crippen molar-refractivity contribution in [1.29, 1.82) is 0 Å². The smallest absolute Gasteiger partial charge is 0.0542 e. The summed E-state index contributed by atoms with van der Waals surface area (Å²) >= 11 is 0. The van der Waals surface area contributed by atoms with Crippen molar-refractivity contribution < 1.29 is 0 Å². The Hall–Kier alpha value is -5.28. The molecule has 3 nitrogen and oxygen atoms in total. The zero-order valence-electron chi connectivity index (χ0n) is 22.2. The molecule has 0 spiro atoms. The number of aromatic nitrogens is 2. The Morgan fingerprint density at radius 2 is 0.875 bits per heavy atom. The van der Waals surface area contributed by atoms with E-state index < -0.39 is 0 Å². The maximum absolute atomic E-state index is 2.37. The second-order valence-electron chi connectivity index (χ2n) is 10.3. The average molecular weight is 514 g/mol. The Bertz CT molecular complexity index is 2170. The number of benzene rings is 6. The van der Waals surface area contributed by atoms with Gasteiger partial charge in [-0.1, -0.05) is 72.8 Å². The quantitative estimate of drug-likeness (QED) is 0.228. The molecule has 2 aromatic heterocycles. The predicted molar refractivity (Wildman–Crippen MR) is 169 cm³/mol. The Morgan fingerprint density at radius 3 is 1.57 bits per heavy atom. The summed E-state index contributed by atoms with van der Waals surface area (Å²) in [6, 6.07) is 52.3. The Morgan fingerprint density at radius 1 is 0.400 bits per heavy atom. The van der Waals surface area contributed by atoms with Gasteiger partial charge in [0.05, 0.1) is 11.0 Å². The zero-order valence-corrected chi connectivity index (χ0v) is 22.2. The van der Waals surface area contributed by atoms with Gasteiger partial charge in [0.25, 0.3) is 0 Å². The van der Waals surface area contributed by atoms with Crippen molar-refractivity contribution in [3.8, 4) is 5.69 Å². The van der Waals surface area contributed by atoms with E-state index in [4.69, 9.17) is 0 Å². The van der Waals surface area contributed by atoms with Crippen LogP contribution in [0.25, 0.3) is 49.3 Å². The summed E-state index contributed by atoms with van der Waals surface area (Å²) < 4.78 is 4.65.